The Morgan fingerprint density at radius 1 is 1.09 bits per heavy atom. The number of ether oxygens (including phenoxy) is 1. The summed E-state index contributed by atoms with van der Waals surface area (Å²) in [6.07, 6.45) is -8.99. The number of rotatable bonds is 11. The summed E-state index contributed by atoms with van der Waals surface area (Å²) in [4.78, 5) is 27.1. The van der Waals surface area contributed by atoms with Crippen molar-refractivity contribution in [1.29, 1.82) is 0 Å². The number of alkyl carbamates (subject to hydrolysis) is 1. The van der Waals surface area contributed by atoms with Crippen LogP contribution < -0.4 is 16.0 Å². The minimum Gasteiger partial charge on any atom is -0.444 e. The molecule has 244 valence electrons. The number of aromatic nitrogens is 2. The van der Waals surface area contributed by atoms with E-state index in [1.54, 1.807) is 25.7 Å². The number of carbonyl (C=O) groups is 2. The fourth-order valence-electron chi connectivity index (χ4n) is 4.33. The first-order valence-corrected chi connectivity index (χ1v) is 13.8. The zero-order valence-electron chi connectivity index (χ0n) is 24.6. The summed E-state index contributed by atoms with van der Waals surface area (Å²) in [5.74, 6) is -0.517. The van der Waals surface area contributed by atoms with E-state index in [9.17, 15) is 41.0 Å². The number of alkyl halides is 6. The van der Waals surface area contributed by atoms with Crippen LogP contribution in [0.4, 0.5) is 37.0 Å². The monoisotopic (exact) mass is 634 g/mol. The number of halogens is 6. The number of hydrogen-bond donors (Lipinski definition) is 5. The highest BCUT2D eigenvalue weighted by molar-refractivity contribution is 5.94. The number of aliphatic hydroxyl groups excluding tert-OH is 1. The maximum absolute atomic E-state index is 13.3. The molecule has 0 saturated heterocycles. The van der Waals surface area contributed by atoms with E-state index in [2.05, 4.69) is 26.1 Å². The third-order valence-electron chi connectivity index (χ3n) is 6.88. The highest BCUT2D eigenvalue weighted by atomic mass is 19.4. The molecule has 3 rings (SSSR count). The van der Waals surface area contributed by atoms with E-state index in [0.717, 1.165) is 6.42 Å². The molecule has 16 heteroatoms. The molecule has 2 aromatic rings. The van der Waals surface area contributed by atoms with Crippen molar-refractivity contribution in [2.75, 3.05) is 18.5 Å². The molecule has 5 N–H and O–H groups in total. The predicted molar refractivity (Wildman–Crippen MR) is 149 cm³/mol. The van der Waals surface area contributed by atoms with E-state index in [0.29, 0.717) is 18.6 Å². The molecule has 1 aliphatic rings. The standard InChI is InChI=1S/C28H36F6N6O4/c1-5-6-7-19(23(41)24(42)38-22-8-9-36-39-22)37-25(43)44-21(26(2,3)4)14-40-13-20(35-15-40)16-10-17(27(29,30)31)12-18(11-16)28(32,33)34/h8-13,19,21,23,35,41H,5-7,14-15H2,1-4H3,(H,37,43)(H2,36,38,39,42)/t19-,21+,23-/m0/s1. The van der Waals surface area contributed by atoms with Gasteiger partial charge in [-0.25, -0.2) is 4.79 Å². The fraction of sp³-hybridized carbons (Fsp3) is 0.536. The van der Waals surface area contributed by atoms with Gasteiger partial charge in [-0.3, -0.25) is 9.89 Å². The average molecular weight is 635 g/mol. The number of aromatic amines is 1. The summed E-state index contributed by atoms with van der Waals surface area (Å²) < 4.78 is 85.8. The van der Waals surface area contributed by atoms with Gasteiger partial charge in [0.25, 0.3) is 5.91 Å². The Bertz CT molecular complexity index is 1270. The first-order chi connectivity index (χ1) is 20.4. The Balaban J connectivity index is 1.74. The lowest BCUT2D eigenvalue weighted by molar-refractivity contribution is -0.143. The second-order valence-corrected chi connectivity index (χ2v) is 11.5. The minimum atomic E-state index is -4.99. The number of benzene rings is 1. The van der Waals surface area contributed by atoms with Gasteiger partial charge in [-0.1, -0.05) is 40.5 Å². The Labute approximate surface area is 250 Å². The van der Waals surface area contributed by atoms with Gasteiger partial charge in [0.2, 0.25) is 0 Å². The van der Waals surface area contributed by atoms with Crippen LogP contribution in [0.15, 0.2) is 36.7 Å². The summed E-state index contributed by atoms with van der Waals surface area (Å²) >= 11 is 0. The van der Waals surface area contributed by atoms with Crippen molar-refractivity contribution in [2.45, 2.75) is 77.6 Å². The molecule has 0 aliphatic carbocycles. The Kier molecular flexibility index (Phi) is 10.8. The van der Waals surface area contributed by atoms with Crippen molar-refractivity contribution < 1.29 is 45.8 Å². The molecule has 0 spiro atoms. The summed E-state index contributed by atoms with van der Waals surface area (Å²) in [7, 11) is 0. The zero-order chi connectivity index (χ0) is 32.9. The van der Waals surface area contributed by atoms with Gasteiger partial charge in [-0.05, 0) is 24.6 Å². The van der Waals surface area contributed by atoms with E-state index in [1.165, 1.54) is 18.5 Å². The molecule has 0 fully saturated rings. The van der Waals surface area contributed by atoms with Gasteiger partial charge in [0.15, 0.2) is 6.10 Å². The Morgan fingerprint density at radius 2 is 1.73 bits per heavy atom. The molecule has 1 aromatic heterocycles. The zero-order valence-corrected chi connectivity index (χ0v) is 24.6. The van der Waals surface area contributed by atoms with Gasteiger partial charge < -0.3 is 30.7 Å². The molecule has 2 heterocycles. The summed E-state index contributed by atoms with van der Waals surface area (Å²) in [5, 5.41) is 24.7. The van der Waals surface area contributed by atoms with Gasteiger partial charge in [-0.15, -0.1) is 0 Å². The van der Waals surface area contributed by atoms with E-state index in [1.807, 2.05) is 6.92 Å². The molecule has 10 nitrogen and oxygen atoms in total. The van der Waals surface area contributed by atoms with Gasteiger partial charge in [0, 0.05) is 23.2 Å². The van der Waals surface area contributed by atoms with Crippen molar-refractivity contribution >= 4 is 23.5 Å². The lowest BCUT2D eigenvalue weighted by Crippen LogP contribution is -2.51. The summed E-state index contributed by atoms with van der Waals surface area (Å²) in [6, 6.07) is 1.82. The number of carbonyl (C=O) groups excluding carboxylic acids is 2. The van der Waals surface area contributed by atoms with Crippen LogP contribution in [0.25, 0.3) is 5.70 Å². The number of aliphatic hydroxyl groups is 1. The molecule has 0 saturated carbocycles. The summed E-state index contributed by atoms with van der Waals surface area (Å²) in [5.41, 5.74) is -3.81. The van der Waals surface area contributed by atoms with Crippen LogP contribution in [0.2, 0.25) is 0 Å². The number of anilines is 1. The Morgan fingerprint density at radius 3 is 2.25 bits per heavy atom. The SMILES string of the molecule is CCCC[C@H](NC(=O)O[C@H](CN1C=C(c2cc(C(F)(F)F)cc(C(F)(F)F)c2)NC1)C(C)(C)C)[C@H](O)C(=O)Nc1ccn[nH]1. The van der Waals surface area contributed by atoms with E-state index < -0.39 is 59.1 Å². The number of H-pyrrole nitrogens is 1. The van der Waals surface area contributed by atoms with Crippen molar-refractivity contribution in [1.82, 2.24) is 25.7 Å². The third-order valence-corrected chi connectivity index (χ3v) is 6.88. The largest absolute Gasteiger partial charge is 0.444 e. The molecule has 1 aliphatic heterocycles. The summed E-state index contributed by atoms with van der Waals surface area (Å²) in [6.45, 7) is 7.29. The van der Waals surface area contributed by atoms with Gasteiger partial charge >= 0.3 is 18.4 Å². The maximum Gasteiger partial charge on any atom is 0.416 e. The number of nitrogens with one attached hydrogen (secondary N) is 4. The number of nitrogens with zero attached hydrogens (tertiary/aromatic N) is 2. The van der Waals surface area contributed by atoms with Crippen molar-refractivity contribution in [3.05, 3.63) is 53.4 Å². The second-order valence-electron chi connectivity index (χ2n) is 11.5. The molecular weight excluding hydrogens is 598 g/mol. The van der Waals surface area contributed by atoms with E-state index >= 15 is 0 Å². The average Bonchev–Trinajstić information content (AvgIpc) is 3.61. The maximum atomic E-state index is 13.3. The molecule has 2 amide bonds. The molecule has 1 aromatic carbocycles. The lowest BCUT2D eigenvalue weighted by Gasteiger charge is -2.34. The van der Waals surface area contributed by atoms with Crippen LogP contribution >= 0.6 is 0 Å². The quantitative estimate of drug-likeness (QED) is 0.212. The first-order valence-electron chi connectivity index (χ1n) is 13.8. The Hall–Kier alpha value is -3.95. The normalized spacial score (nSPS) is 16.1. The van der Waals surface area contributed by atoms with E-state index in [4.69, 9.17) is 4.74 Å². The predicted octanol–water partition coefficient (Wildman–Crippen LogP) is 5.31. The first kappa shape index (κ1) is 34.5. The van der Waals surface area contributed by atoms with Gasteiger partial charge in [-0.2, -0.15) is 31.4 Å². The second kappa shape index (κ2) is 13.8. The van der Waals surface area contributed by atoms with Crippen LogP contribution in [0.5, 0.6) is 0 Å². The van der Waals surface area contributed by atoms with Gasteiger partial charge in [0.1, 0.15) is 11.9 Å². The highest BCUT2D eigenvalue weighted by Crippen LogP contribution is 2.38. The topological polar surface area (TPSA) is 132 Å². The van der Waals surface area contributed by atoms with Crippen LogP contribution in [-0.2, 0) is 21.9 Å². The van der Waals surface area contributed by atoms with Crippen molar-refractivity contribution in [3.63, 3.8) is 0 Å². The molecule has 3 atom stereocenters. The van der Waals surface area contributed by atoms with Crippen LogP contribution in [0.3, 0.4) is 0 Å². The molecule has 44 heavy (non-hydrogen) atoms. The number of hydrogen-bond acceptors (Lipinski definition) is 7. The number of unbranched alkanes of at least 4 members (excludes halogenated alkanes) is 1. The van der Waals surface area contributed by atoms with Crippen molar-refractivity contribution in [3.8, 4) is 0 Å². The molecular formula is C28H36F6N6O4. The van der Waals surface area contributed by atoms with Crippen LogP contribution in [0.1, 0.15) is 63.6 Å². The van der Waals surface area contributed by atoms with E-state index in [-0.39, 0.29) is 42.8 Å². The minimum absolute atomic E-state index is 0.0239. The van der Waals surface area contributed by atoms with Gasteiger partial charge in [0.05, 0.1) is 42.3 Å². The molecule has 0 bridgehead atoms. The van der Waals surface area contributed by atoms with Crippen LogP contribution in [-0.4, -0.2) is 63.7 Å². The molecule has 0 radical (unpaired) electrons. The molecule has 0 unspecified atom stereocenters. The smallest absolute Gasteiger partial charge is 0.416 e. The van der Waals surface area contributed by atoms with Crippen molar-refractivity contribution in [2.24, 2.45) is 5.41 Å². The van der Waals surface area contributed by atoms with Crippen LogP contribution in [0, 0.1) is 5.41 Å². The lowest BCUT2D eigenvalue weighted by atomic mass is 9.88. The third kappa shape index (κ3) is 9.53. The number of amides is 2. The highest BCUT2D eigenvalue weighted by Gasteiger charge is 2.38. The fourth-order valence-corrected chi connectivity index (χ4v) is 4.33.